The minimum absolute atomic E-state index is 0.181. The van der Waals surface area contributed by atoms with Crippen LogP contribution in [0.4, 0.5) is 11.4 Å². The molecule has 19 heavy (non-hydrogen) atoms. The summed E-state index contributed by atoms with van der Waals surface area (Å²) in [7, 11) is 3.11. The zero-order valence-electron chi connectivity index (χ0n) is 11.3. The number of rotatable bonds is 7. The molecule has 1 atom stereocenters. The van der Waals surface area contributed by atoms with Crippen molar-refractivity contribution in [2.45, 2.75) is 12.5 Å². The Morgan fingerprint density at radius 1 is 1.53 bits per heavy atom. The summed E-state index contributed by atoms with van der Waals surface area (Å²) < 4.78 is 4.84. The smallest absolute Gasteiger partial charge is 0.253 e. The summed E-state index contributed by atoms with van der Waals surface area (Å²) in [4.78, 5) is 11.7. The van der Waals surface area contributed by atoms with Crippen LogP contribution in [0.1, 0.15) is 16.8 Å². The molecule has 106 valence electrons. The number of hydrogen-bond donors (Lipinski definition) is 4. The molecular formula is C13H21N3O3. The zero-order chi connectivity index (χ0) is 14.3. The highest BCUT2D eigenvalue weighted by atomic mass is 16.5. The third-order valence-corrected chi connectivity index (χ3v) is 2.67. The maximum absolute atomic E-state index is 11.7. The molecule has 1 aromatic carbocycles. The van der Waals surface area contributed by atoms with E-state index in [4.69, 9.17) is 10.5 Å². The number of hydrogen-bond acceptors (Lipinski definition) is 5. The predicted molar refractivity (Wildman–Crippen MR) is 75.2 cm³/mol. The number of nitrogens with two attached hydrogens (primary N) is 1. The number of nitrogens with one attached hydrogen (secondary N) is 2. The van der Waals surface area contributed by atoms with E-state index >= 15 is 0 Å². The molecule has 0 bridgehead atoms. The highest BCUT2D eigenvalue weighted by molar-refractivity contribution is 6.00. The largest absolute Gasteiger partial charge is 0.399 e. The lowest BCUT2D eigenvalue weighted by Gasteiger charge is -2.14. The van der Waals surface area contributed by atoms with E-state index < -0.39 is 6.10 Å². The van der Waals surface area contributed by atoms with Gasteiger partial charge in [-0.05, 0) is 24.6 Å². The fourth-order valence-corrected chi connectivity index (χ4v) is 1.69. The average molecular weight is 267 g/mol. The molecule has 0 aliphatic carbocycles. The van der Waals surface area contributed by atoms with Crippen molar-refractivity contribution in [3.8, 4) is 0 Å². The van der Waals surface area contributed by atoms with E-state index in [1.165, 1.54) is 7.11 Å². The average Bonchev–Trinajstić information content (AvgIpc) is 2.38. The van der Waals surface area contributed by atoms with Gasteiger partial charge in [-0.25, -0.2) is 0 Å². The van der Waals surface area contributed by atoms with Crippen LogP contribution in [0.5, 0.6) is 0 Å². The number of amides is 1. The summed E-state index contributed by atoms with van der Waals surface area (Å²) in [6.07, 6.45) is -0.00228. The molecule has 1 unspecified atom stereocenters. The van der Waals surface area contributed by atoms with E-state index in [1.807, 2.05) is 0 Å². The Bertz CT molecular complexity index is 424. The lowest BCUT2D eigenvalue weighted by atomic mass is 10.1. The van der Waals surface area contributed by atoms with Crippen molar-refractivity contribution in [1.29, 1.82) is 0 Å². The number of methoxy groups -OCH3 is 1. The van der Waals surface area contributed by atoms with Gasteiger partial charge < -0.3 is 26.2 Å². The molecule has 0 saturated heterocycles. The second-order valence-electron chi connectivity index (χ2n) is 4.21. The first-order valence-electron chi connectivity index (χ1n) is 6.11. The summed E-state index contributed by atoms with van der Waals surface area (Å²) in [5.41, 5.74) is 7.47. The summed E-state index contributed by atoms with van der Waals surface area (Å²) in [5.74, 6) is -0.181. The van der Waals surface area contributed by atoms with Gasteiger partial charge in [-0.3, -0.25) is 4.79 Å². The van der Waals surface area contributed by atoms with Crippen molar-refractivity contribution in [3.63, 3.8) is 0 Å². The maximum atomic E-state index is 11.7. The number of carbonyl (C=O) groups is 1. The van der Waals surface area contributed by atoms with Crippen LogP contribution >= 0.6 is 0 Å². The molecule has 0 aromatic heterocycles. The first-order valence-corrected chi connectivity index (χ1v) is 6.11. The third-order valence-electron chi connectivity index (χ3n) is 2.67. The van der Waals surface area contributed by atoms with E-state index in [-0.39, 0.29) is 5.91 Å². The van der Waals surface area contributed by atoms with Crippen molar-refractivity contribution in [2.75, 3.05) is 38.4 Å². The molecular weight excluding hydrogens is 246 g/mol. The maximum Gasteiger partial charge on any atom is 0.253 e. The van der Waals surface area contributed by atoms with Crippen LogP contribution in [0, 0.1) is 0 Å². The molecule has 6 heteroatoms. The fraction of sp³-hybridized carbons (Fsp3) is 0.462. The van der Waals surface area contributed by atoms with E-state index in [2.05, 4.69) is 10.6 Å². The molecule has 0 aliphatic rings. The van der Waals surface area contributed by atoms with Crippen molar-refractivity contribution < 1.29 is 14.6 Å². The van der Waals surface area contributed by atoms with Gasteiger partial charge in [0.15, 0.2) is 0 Å². The van der Waals surface area contributed by atoms with Gasteiger partial charge >= 0.3 is 0 Å². The van der Waals surface area contributed by atoms with Crippen LogP contribution in [-0.2, 0) is 4.74 Å². The second kappa shape index (κ2) is 7.60. The van der Waals surface area contributed by atoms with Gasteiger partial charge in [-0.15, -0.1) is 0 Å². The van der Waals surface area contributed by atoms with Gasteiger partial charge in [0.2, 0.25) is 0 Å². The number of aliphatic hydroxyl groups excluding tert-OH is 1. The van der Waals surface area contributed by atoms with Crippen molar-refractivity contribution in [1.82, 2.24) is 5.32 Å². The molecule has 1 aromatic rings. The van der Waals surface area contributed by atoms with E-state index in [1.54, 1.807) is 25.2 Å². The van der Waals surface area contributed by atoms with E-state index in [0.29, 0.717) is 36.5 Å². The highest BCUT2D eigenvalue weighted by Crippen LogP contribution is 2.19. The van der Waals surface area contributed by atoms with Crippen molar-refractivity contribution in [2.24, 2.45) is 0 Å². The summed E-state index contributed by atoms with van der Waals surface area (Å²) >= 11 is 0. The molecule has 0 radical (unpaired) electrons. The Kier molecular flexibility index (Phi) is 6.11. The lowest BCUT2D eigenvalue weighted by molar-refractivity contribution is 0.0615. The van der Waals surface area contributed by atoms with Crippen LogP contribution in [-0.4, -0.2) is 44.4 Å². The van der Waals surface area contributed by atoms with Crippen LogP contribution in [0.15, 0.2) is 18.2 Å². The van der Waals surface area contributed by atoms with Crippen molar-refractivity contribution >= 4 is 17.3 Å². The summed E-state index contributed by atoms with van der Waals surface area (Å²) in [5, 5.41) is 15.2. The standard InChI is InChI=1S/C13H21N3O3/c1-15-13(18)11-4-3-9(14)7-12(11)16-6-5-10(17)8-19-2/h3-4,7,10,16-17H,5-6,8,14H2,1-2H3,(H,15,18). The van der Waals surface area contributed by atoms with Crippen LogP contribution in [0.2, 0.25) is 0 Å². The highest BCUT2D eigenvalue weighted by Gasteiger charge is 2.10. The van der Waals surface area contributed by atoms with Gasteiger partial charge in [-0.1, -0.05) is 0 Å². The summed E-state index contributed by atoms with van der Waals surface area (Å²) in [6.45, 7) is 0.818. The zero-order valence-corrected chi connectivity index (χ0v) is 11.3. The Morgan fingerprint density at radius 2 is 2.26 bits per heavy atom. The van der Waals surface area contributed by atoms with Crippen molar-refractivity contribution in [3.05, 3.63) is 23.8 Å². The minimum atomic E-state index is -0.526. The molecule has 1 amide bonds. The monoisotopic (exact) mass is 267 g/mol. The second-order valence-corrected chi connectivity index (χ2v) is 4.21. The van der Waals surface area contributed by atoms with Gasteiger partial charge in [0.25, 0.3) is 5.91 Å². The number of aliphatic hydroxyl groups is 1. The number of nitrogen functional groups attached to an aromatic ring is 1. The van der Waals surface area contributed by atoms with E-state index in [0.717, 1.165) is 0 Å². The van der Waals surface area contributed by atoms with Gasteiger partial charge in [0.1, 0.15) is 0 Å². The molecule has 0 fully saturated rings. The number of benzene rings is 1. The molecule has 6 nitrogen and oxygen atoms in total. The topological polar surface area (TPSA) is 96.6 Å². The SMILES string of the molecule is CNC(=O)c1ccc(N)cc1NCCC(O)COC. The Labute approximate surface area is 112 Å². The Morgan fingerprint density at radius 3 is 2.89 bits per heavy atom. The van der Waals surface area contributed by atoms with Gasteiger partial charge in [0.05, 0.1) is 18.3 Å². The van der Waals surface area contributed by atoms with E-state index in [9.17, 15) is 9.90 Å². The minimum Gasteiger partial charge on any atom is -0.399 e. The van der Waals surface area contributed by atoms with Crippen LogP contribution in [0.25, 0.3) is 0 Å². The normalized spacial score (nSPS) is 11.9. The Hall–Kier alpha value is -1.79. The number of ether oxygens (including phenoxy) is 1. The lowest BCUT2D eigenvalue weighted by Crippen LogP contribution is -2.22. The molecule has 5 N–H and O–H groups in total. The van der Waals surface area contributed by atoms with Crippen LogP contribution < -0.4 is 16.4 Å². The number of carbonyl (C=O) groups excluding carboxylic acids is 1. The third kappa shape index (κ3) is 4.76. The van der Waals surface area contributed by atoms with Gasteiger partial charge in [-0.2, -0.15) is 0 Å². The molecule has 1 rings (SSSR count). The van der Waals surface area contributed by atoms with Crippen LogP contribution in [0.3, 0.4) is 0 Å². The molecule has 0 aliphatic heterocycles. The summed E-state index contributed by atoms with van der Waals surface area (Å²) in [6, 6.07) is 5.05. The van der Waals surface area contributed by atoms with Gasteiger partial charge in [0, 0.05) is 32.1 Å². The quantitative estimate of drug-likeness (QED) is 0.537. The number of anilines is 2. The first kappa shape index (κ1) is 15.3. The Balaban J connectivity index is 2.66. The predicted octanol–water partition coefficient (Wildman–Crippen LogP) is 0.438. The fourth-order valence-electron chi connectivity index (χ4n) is 1.69. The molecule has 0 spiro atoms. The first-order chi connectivity index (χ1) is 9.08. The molecule has 0 heterocycles. The molecule has 0 saturated carbocycles.